The molecule has 0 saturated carbocycles. The number of halogens is 3. The maximum atomic E-state index is 15.6. The van der Waals surface area contributed by atoms with Crippen molar-refractivity contribution in [3.05, 3.63) is 95.1 Å². The molecule has 0 spiro atoms. The van der Waals surface area contributed by atoms with E-state index in [0.717, 1.165) is 48.5 Å². The van der Waals surface area contributed by atoms with E-state index >= 15 is 14.4 Å². The Hall–Kier alpha value is -2.45. The number of hydrogen-bond donors (Lipinski definition) is 2. The quantitative estimate of drug-likeness (QED) is 0.0221. The van der Waals surface area contributed by atoms with Gasteiger partial charge in [0, 0.05) is 26.8 Å². The second-order valence-corrected chi connectivity index (χ2v) is 41.5. The molecule has 12 nitrogen and oxygen atoms in total. The molecule has 446 valence electrons. The van der Waals surface area contributed by atoms with E-state index in [4.69, 9.17) is 46.6 Å². The summed E-state index contributed by atoms with van der Waals surface area (Å²) in [5.74, 6) is -2.37. The van der Waals surface area contributed by atoms with Crippen LogP contribution in [0.2, 0.25) is 41.5 Å². The van der Waals surface area contributed by atoms with Crippen LogP contribution >= 0.6 is 45.8 Å². The molecule has 2 aromatic carbocycles. The first-order valence-electron chi connectivity index (χ1n) is 29.0. The predicted molar refractivity (Wildman–Crippen MR) is 340 cm³/mol. The summed E-state index contributed by atoms with van der Waals surface area (Å²) >= 11 is 12.9. The first-order valence-corrected chi connectivity index (χ1v) is 41.2. The number of ether oxygens (including phenoxy) is 4. The molecule has 0 aliphatic carbocycles. The normalized spacial score (nSPS) is 15.4. The summed E-state index contributed by atoms with van der Waals surface area (Å²) in [6.07, 6.45) is 12.4. The van der Waals surface area contributed by atoms with Crippen LogP contribution < -0.4 is 15.4 Å². The third-order valence-electron chi connectivity index (χ3n) is 16.0. The monoisotopic (exact) mass is 1380 g/mol. The van der Waals surface area contributed by atoms with Crippen molar-refractivity contribution in [3.63, 3.8) is 0 Å². The van der Waals surface area contributed by atoms with Gasteiger partial charge in [-0.25, -0.2) is 0 Å². The van der Waals surface area contributed by atoms with E-state index in [9.17, 15) is 4.79 Å². The van der Waals surface area contributed by atoms with Crippen LogP contribution in [0.5, 0.6) is 5.75 Å². The number of amides is 3. The van der Waals surface area contributed by atoms with E-state index in [1.165, 1.54) is 44.6 Å². The SMILES string of the molecule is CCC[CH2][Sn](/[CH]=C/CC(C)(OC(=O)[C@@H](NC(=O)[C@@H](Cc1cc(Cl)c(OCOC)c(Cl)c1)NC(=O)[C@H]([C@@H](C)CC)N(C)C(=O)/C(C)=C/C[C@@H](OC)/C(C)=C\I)C(C)(C)O[Si](CC)(CC)CC)c1ccccc1)([CH2]CCC)[CH2]CCC. The fourth-order valence-corrected chi connectivity index (χ4v) is 29.0. The van der Waals surface area contributed by atoms with Crippen LogP contribution in [-0.4, -0.2) is 113 Å². The van der Waals surface area contributed by atoms with Gasteiger partial charge in [-0.3, -0.25) is 9.59 Å². The number of carbonyl (C=O) groups is 4. The second kappa shape index (κ2) is 36.3. The summed E-state index contributed by atoms with van der Waals surface area (Å²) in [6, 6.07) is 11.8. The van der Waals surface area contributed by atoms with Crippen molar-refractivity contribution < 1.29 is 42.6 Å². The topological polar surface area (TPSA) is 142 Å². The number of nitrogens with one attached hydrogen (secondary N) is 2. The molecule has 0 fully saturated rings. The molecule has 1 unspecified atom stereocenters. The van der Waals surface area contributed by atoms with Gasteiger partial charge in [-0.1, -0.05) is 72.1 Å². The van der Waals surface area contributed by atoms with Crippen LogP contribution in [0, 0.1) is 5.92 Å². The van der Waals surface area contributed by atoms with E-state index in [1.807, 2.05) is 82.0 Å². The minimum absolute atomic E-state index is 0.104. The third kappa shape index (κ3) is 22.2. The molecule has 0 heterocycles. The number of carbonyl (C=O) groups excluding carboxylic acids is 4. The Morgan fingerprint density at radius 1 is 0.835 bits per heavy atom. The Morgan fingerprint density at radius 2 is 1.39 bits per heavy atom. The molecule has 0 bridgehead atoms. The van der Waals surface area contributed by atoms with E-state index in [1.54, 1.807) is 33.2 Å². The van der Waals surface area contributed by atoms with Gasteiger partial charge in [0.1, 0.15) is 6.04 Å². The summed E-state index contributed by atoms with van der Waals surface area (Å²) < 4.78 is 39.0. The third-order valence-corrected chi connectivity index (χ3v) is 36.6. The Balaban J connectivity index is 2.92. The van der Waals surface area contributed by atoms with E-state index < -0.39 is 73.8 Å². The first-order chi connectivity index (χ1) is 37.4. The molecular weight excluding hydrogens is 1280 g/mol. The van der Waals surface area contributed by atoms with E-state index in [-0.39, 0.29) is 46.9 Å². The zero-order valence-corrected chi connectivity index (χ0v) is 58.5. The molecule has 2 rings (SSSR count). The minimum atomic E-state index is -2.78. The van der Waals surface area contributed by atoms with Gasteiger partial charge in [0.2, 0.25) is 5.91 Å². The number of nitrogens with zero attached hydrogens (tertiary/aromatic N) is 1. The van der Waals surface area contributed by atoms with Gasteiger partial charge in [0.25, 0.3) is 0 Å². The standard InChI is InChI=1S/C50H73Cl2IN3O9Si.3C4H9.Sn/c1-15-27-50(11,37-23-21-20-22-24-37)64-48(60)44(49(9,10)65-66(17-3,18-4)19-5)55-45(57)40(30-36-28-38(51)43(39(52)29-36)63-32-61-13)54-46(58)42(33(6)16-2)56(12)47(59)34(7)25-26-41(62-14)35(8)31-53;3*1-3-4-2;/h1,15,20-25,28-29,31,33,40-42,44H,16-19,26-27,30,32H2,2-14H3,(H,54,58)(H,55,57);3*1,3-4H2,2H3;/b15-1?,34-25+,35-31-;;;;/t33-,40+,41+,42-,44+,50?;;;;/m0..../s1. The molecule has 2 aromatic rings. The predicted octanol–water partition coefficient (Wildman–Crippen LogP) is 15.6. The molecule has 79 heavy (non-hydrogen) atoms. The fourth-order valence-electron chi connectivity index (χ4n) is 10.4. The summed E-state index contributed by atoms with van der Waals surface area (Å²) in [5, 5.41) is 6.50. The van der Waals surface area contributed by atoms with Gasteiger partial charge < -0.3 is 19.1 Å². The fraction of sp³-hybridized carbons (Fsp3) is 0.645. The average molecular weight is 1380 g/mol. The Labute approximate surface area is 506 Å². The van der Waals surface area contributed by atoms with Crippen molar-refractivity contribution in [2.24, 2.45) is 5.92 Å². The average Bonchev–Trinajstić information content (AvgIpc) is 3.45. The molecule has 0 aromatic heterocycles. The van der Waals surface area contributed by atoms with Crippen molar-refractivity contribution in [1.82, 2.24) is 15.5 Å². The molecule has 0 saturated heterocycles. The van der Waals surface area contributed by atoms with Crippen LogP contribution in [0.15, 0.2) is 73.9 Å². The summed E-state index contributed by atoms with van der Waals surface area (Å²) in [6.45, 7) is 26.3. The van der Waals surface area contributed by atoms with Gasteiger partial charge in [-0.05, 0) is 48.0 Å². The second-order valence-electron chi connectivity index (χ2n) is 22.3. The van der Waals surface area contributed by atoms with Gasteiger partial charge in [-0.15, -0.1) is 0 Å². The Morgan fingerprint density at radius 3 is 1.87 bits per heavy atom. The molecule has 0 aliphatic heterocycles. The zero-order valence-electron chi connectivity index (χ0n) is 51.0. The maximum absolute atomic E-state index is 15.6. The number of rotatable bonds is 38. The summed E-state index contributed by atoms with van der Waals surface area (Å²) in [7, 11) is 2.24. The number of likely N-dealkylation sites (N-methyl/N-ethyl adjacent to an activating group) is 1. The van der Waals surface area contributed by atoms with Gasteiger partial charge in [0.15, 0.2) is 12.5 Å². The first kappa shape index (κ1) is 72.6. The van der Waals surface area contributed by atoms with Gasteiger partial charge >= 0.3 is 294 Å². The molecular formula is C62H100Cl2IN3O9SiSn. The molecule has 3 amide bonds. The molecule has 0 aliphatic rings. The van der Waals surface area contributed by atoms with Gasteiger partial charge in [0.05, 0.1) is 16.1 Å². The zero-order chi connectivity index (χ0) is 59.6. The van der Waals surface area contributed by atoms with Crippen molar-refractivity contribution >= 4 is 96.2 Å². The molecule has 2 N–H and O–H groups in total. The number of esters is 1. The van der Waals surface area contributed by atoms with Crippen molar-refractivity contribution in [2.75, 3.05) is 28.1 Å². The summed E-state index contributed by atoms with van der Waals surface area (Å²) in [4.78, 5) is 61.8. The van der Waals surface area contributed by atoms with E-state index in [2.05, 4.69) is 84.9 Å². The Kier molecular flexibility index (Phi) is 33.4. The Bertz CT molecular complexity index is 2250. The molecule has 0 radical (unpaired) electrons. The van der Waals surface area contributed by atoms with Crippen LogP contribution in [0.1, 0.15) is 159 Å². The van der Waals surface area contributed by atoms with Crippen LogP contribution in [-0.2, 0) is 49.8 Å². The van der Waals surface area contributed by atoms with Crippen LogP contribution in [0.3, 0.4) is 0 Å². The van der Waals surface area contributed by atoms with Gasteiger partial charge in [-0.2, -0.15) is 0 Å². The van der Waals surface area contributed by atoms with Crippen molar-refractivity contribution in [3.8, 4) is 5.75 Å². The number of unbranched alkanes of at least 4 members (excludes halogenated alkanes) is 3. The van der Waals surface area contributed by atoms with Crippen molar-refractivity contribution in [1.29, 1.82) is 0 Å². The van der Waals surface area contributed by atoms with E-state index in [0.29, 0.717) is 30.4 Å². The molecule has 6 atom stereocenters. The molecule has 17 heteroatoms. The van der Waals surface area contributed by atoms with Crippen LogP contribution in [0.25, 0.3) is 0 Å². The number of methoxy groups -OCH3 is 2. The number of hydrogen-bond acceptors (Lipinski definition) is 9. The van der Waals surface area contributed by atoms with Crippen molar-refractivity contribution in [2.45, 2.75) is 221 Å². The van der Waals surface area contributed by atoms with Crippen LogP contribution in [0.4, 0.5) is 0 Å². The number of benzene rings is 2. The summed E-state index contributed by atoms with van der Waals surface area (Å²) in [5.41, 5.74) is 0.377.